The van der Waals surface area contributed by atoms with Crippen LogP contribution in [0.5, 0.6) is 0 Å². The summed E-state index contributed by atoms with van der Waals surface area (Å²) in [5.41, 5.74) is 6.20. The molecule has 0 saturated carbocycles. The number of halogens is 1. The highest BCUT2D eigenvalue weighted by atomic mass is 19.1. The number of nitrogens with one attached hydrogen (secondary N) is 1. The third-order valence-electron chi connectivity index (χ3n) is 3.36. The second-order valence-electron chi connectivity index (χ2n) is 5.75. The zero-order chi connectivity index (χ0) is 15.1. The van der Waals surface area contributed by atoms with Gasteiger partial charge in [0.25, 0.3) is 0 Å². The van der Waals surface area contributed by atoms with Gasteiger partial charge in [-0.15, -0.1) is 0 Å². The molecule has 0 aliphatic carbocycles. The molecule has 1 rings (SSSR count). The molecule has 20 heavy (non-hydrogen) atoms. The quantitative estimate of drug-likeness (QED) is 0.806. The molecule has 112 valence electrons. The molecule has 1 aromatic rings. The fourth-order valence-corrected chi connectivity index (χ4v) is 2.40. The molecule has 0 spiro atoms. The second kappa shape index (κ2) is 8.00. The van der Waals surface area contributed by atoms with Crippen LogP contribution in [-0.4, -0.2) is 12.5 Å². The smallest absolute Gasteiger partial charge is 0.220 e. The number of amides is 1. The normalized spacial score (nSPS) is 14.1. The number of hydrogen-bond donors (Lipinski definition) is 2. The fourth-order valence-electron chi connectivity index (χ4n) is 2.40. The van der Waals surface area contributed by atoms with Crippen LogP contribution < -0.4 is 11.1 Å². The molecule has 0 heterocycles. The summed E-state index contributed by atoms with van der Waals surface area (Å²) in [6.07, 6.45) is 1.32. The summed E-state index contributed by atoms with van der Waals surface area (Å²) in [6, 6.07) is 6.17. The topological polar surface area (TPSA) is 55.1 Å². The summed E-state index contributed by atoms with van der Waals surface area (Å²) in [5.74, 6) is 0.331. The zero-order valence-electron chi connectivity index (χ0n) is 12.5. The highest BCUT2D eigenvalue weighted by Crippen LogP contribution is 2.18. The Morgan fingerprint density at radius 1 is 1.30 bits per heavy atom. The van der Waals surface area contributed by atoms with Crippen molar-refractivity contribution >= 4 is 5.91 Å². The summed E-state index contributed by atoms with van der Waals surface area (Å²) >= 11 is 0. The lowest BCUT2D eigenvalue weighted by Gasteiger charge is -2.19. The van der Waals surface area contributed by atoms with Crippen LogP contribution in [0.2, 0.25) is 0 Å². The minimum absolute atomic E-state index is 0.0724. The number of carbonyl (C=O) groups excluding carboxylic acids is 1. The van der Waals surface area contributed by atoms with Gasteiger partial charge in [-0.05, 0) is 37.8 Å². The van der Waals surface area contributed by atoms with Crippen molar-refractivity contribution in [1.29, 1.82) is 0 Å². The van der Waals surface area contributed by atoms with Crippen molar-refractivity contribution in [3.63, 3.8) is 0 Å². The molecule has 0 radical (unpaired) electrons. The van der Waals surface area contributed by atoms with Gasteiger partial charge >= 0.3 is 0 Å². The molecule has 0 aliphatic rings. The minimum Gasteiger partial charge on any atom is -0.349 e. The third-order valence-corrected chi connectivity index (χ3v) is 3.36. The lowest BCUT2D eigenvalue weighted by atomic mass is 9.94. The van der Waals surface area contributed by atoms with Gasteiger partial charge in [0.05, 0.1) is 6.04 Å². The van der Waals surface area contributed by atoms with Crippen LogP contribution in [-0.2, 0) is 4.79 Å². The molecule has 0 aliphatic heterocycles. The molecule has 3 nitrogen and oxygen atoms in total. The molecule has 2 unspecified atom stereocenters. The Morgan fingerprint density at radius 3 is 2.50 bits per heavy atom. The maximum atomic E-state index is 13.6. The molecule has 0 aromatic heterocycles. The Bertz CT molecular complexity index is 434. The SMILES string of the molecule is CC(C)CC(CN)CC(=O)NC(C)c1ccccc1F. The first kappa shape index (κ1) is 16.6. The van der Waals surface area contributed by atoms with E-state index in [0.717, 1.165) is 6.42 Å². The van der Waals surface area contributed by atoms with Crippen LogP contribution in [0.4, 0.5) is 4.39 Å². The van der Waals surface area contributed by atoms with Crippen molar-refractivity contribution < 1.29 is 9.18 Å². The average molecular weight is 280 g/mol. The average Bonchev–Trinajstić information content (AvgIpc) is 2.37. The van der Waals surface area contributed by atoms with Crippen molar-refractivity contribution in [1.82, 2.24) is 5.32 Å². The number of benzene rings is 1. The molecular formula is C16H25FN2O. The highest BCUT2D eigenvalue weighted by molar-refractivity contribution is 5.76. The van der Waals surface area contributed by atoms with E-state index in [0.29, 0.717) is 24.4 Å². The van der Waals surface area contributed by atoms with Crippen LogP contribution in [0.3, 0.4) is 0 Å². The van der Waals surface area contributed by atoms with Crippen LogP contribution in [0, 0.1) is 17.7 Å². The van der Waals surface area contributed by atoms with E-state index in [2.05, 4.69) is 19.2 Å². The molecule has 2 atom stereocenters. The standard InChI is InChI=1S/C16H25FN2O/c1-11(2)8-13(10-18)9-16(20)19-12(3)14-6-4-5-7-15(14)17/h4-7,11-13H,8-10,18H2,1-3H3,(H,19,20). The monoisotopic (exact) mass is 280 g/mol. The summed E-state index contributed by atoms with van der Waals surface area (Å²) in [7, 11) is 0. The van der Waals surface area contributed by atoms with E-state index in [1.807, 2.05) is 0 Å². The molecule has 0 fully saturated rings. The summed E-state index contributed by atoms with van der Waals surface area (Å²) in [4.78, 5) is 12.0. The van der Waals surface area contributed by atoms with Gasteiger partial charge < -0.3 is 11.1 Å². The first-order valence-electron chi connectivity index (χ1n) is 7.17. The van der Waals surface area contributed by atoms with Crippen molar-refractivity contribution in [2.75, 3.05) is 6.54 Å². The first-order valence-corrected chi connectivity index (χ1v) is 7.17. The van der Waals surface area contributed by atoms with Crippen LogP contribution >= 0.6 is 0 Å². The van der Waals surface area contributed by atoms with E-state index in [9.17, 15) is 9.18 Å². The van der Waals surface area contributed by atoms with Crippen LogP contribution in [0.25, 0.3) is 0 Å². The molecular weight excluding hydrogens is 255 g/mol. The van der Waals surface area contributed by atoms with Gasteiger partial charge in [0.2, 0.25) is 5.91 Å². The van der Waals surface area contributed by atoms with Gasteiger partial charge in [-0.25, -0.2) is 4.39 Å². The van der Waals surface area contributed by atoms with Gasteiger partial charge in [-0.1, -0.05) is 32.0 Å². The van der Waals surface area contributed by atoms with Crippen molar-refractivity contribution in [3.05, 3.63) is 35.6 Å². The molecule has 0 saturated heterocycles. The van der Waals surface area contributed by atoms with Gasteiger partial charge in [-0.2, -0.15) is 0 Å². The number of rotatable bonds is 7. The van der Waals surface area contributed by atoms with E-state index in [1.54, 1.807) is 25.1 Å². The Morgan fingerprint density at radius 2 is 1.95 bits per heavy atom. The van der Waals surface area contributed by atoms with Crippen LogP contribution in [0.1, 0.15) is 45.2 Å². The molecule has 3 N–H and O–H groups in total. The van der Waals surface area contributed by atoms with Crippen molar-refractivity contribution in [2.45, 2.75) is 39.7 Å². The van der Waals surface area contributed by atoms with Crippen molar-refractivity contribution in [2.24, 2.45) is 17.6 Å². The highest BCUT2D eigenvalue weighted by Gasteiger charge is 2.17. The summed E-state index contributed by atoms with van der Waals surface area (Å²) in [5, 5.41) is 2.84. The van der Waals surface area contributed by atoms with Gasteiger partial charge in [0.1, 0.15) is 5.82 Å². The van der Waals surface area contributed by atoms with Crippen LogP contribution in [0.15, 0.2) is 24.3 Å². The number of carbonyl (C=O) groups is 1. The second-order valence-corrected chi connectivity index (χ2v) is 5.75. The minimum atomic E-state index is -0.332. The lowest BCUT2D eigenvalue weighted by molar-refractivity contribution is -0.122. The lowest BCUT2D eigenvalue weighted by Crippen LogP contribution is -2.31. The van der Waals surface area contributed by atoms with Gasteiger partial charge in [-0.3, -0.25) is 4.79 Å². The van der Waals surface area contributed by atoms with Crippen molar-refractivity contribution in [3.8, 4) is 0 Å². The van der Waals surface area contributed by atoms with E-state index in [4.69, 9.17) is 5.73 Å². The molecule has 1 aromatic carbocycles. The number of hydrogen-bond acceptors (Lipinski definition) is 2. The number of nitrogens with two attached hydrogens (primary N) is 1. The Kier molecular flexibility index (Phi) is 6.65. The first-order chi connectivity index (χ1) is 9.43. The van der Waals surface area contributed by atoms with Gasteiger partial charge in [0, 0.05) is 12.0 Å². The Hall–Kier alpha value is -1.42. The third kappa shape index (κ3) is 5.29. The van der Waals surface area contributed by atoms with E-state index >= 15 is 0 Å². The maximum Gasteiger partial charge on any atom is 0.220 e. The predicted octanol–water partition coefficient (Wildman–Crippen LogP) is 3.01. The van der Waals surface area contributed by atoms with E-state index < -0.39 is 0 Å². The molecule has 0 bridgehead atoms. The Balaban J connectivity index is 2.55. The largest absolute Gasteiger partial charge is 0.349 e. The molecule has 1 amide bonds. The van der Waals surface area contributed by atoms with E-state index in [1.165, 1.54) is 6.07 Å². The Labute approximate surface area is 120 Å². The zero-order valence-corrected chi connectivity index (χ0v) is 12.5. The maximum absolute atomic E-state index is 13.6. The summed E-state index contributed by atoms with van der Waals surface area (Å²) in [6.45, 7) is 6.51. The summed E-state index contributed by atoms with van der Waals surface area (Å²) < 4.78 is 13.6. The van der Waals surface area contributed by atoms with Gasteiger partial charge in [0.15, 0.2) is 0 Å². The molecule has 4 heteroatoms. The fraction of sp³-hybridized carbons (Fsp3) is 0.562. The van der Waals surface area contributed by atoms with E-state index in [-0.39, 0.29) is 23.7 Å². The predicted molar refractivity (Wildman–Crippen MR) is 79.6 cm³/mol.